The number of nitrogens with zero attached hydrogens (tertiary/aromatic N) is 3. The topological polar surface area (TPSA) is 50.2 Å². The van der Waals surface area contributed by atoms with Gasteiger partial charge in [0, 0.05) is 6.04 Å². The van der Waals surface area contributed by atoms with Crippen LogP contribution in [0.4, 0.5) is 5.69 Å². The Labute approximate surface area is 150 Å². The molecule has 3 rings (SSSR count). The van der Waals surface area contributed by atoms with E-state index in [-0.39, 0.29) is 5.91 Å². The van der Waals surface area contributed by atoms with Crippen LogP contribution in [-0.2, 0) is 4.79 Å². The molecule has 1 saturated heterocycles. The summed E-state index contributed by atoms with van der Waals surface area (Å²) in [4.78, 5) is 14.9. The summed E-state index contributed by atoms with van der Waals surface area (Å²) in [5.74, 6) is 0.0548. The Balaban J connectivity index is 1.72. The molecule has 1 fully saturated rings. The molecule has 1 atom stereocenters. The minimum atomic E-state index is 0.0548. The van der Waals surface area contributed by atoms with E-state index in [4.69, 9.17) is 0 Å². The molecule has 0 saturated carbocycles. The van der Waals surface area contributed by atoms with Crippen LogP contribution >= 0.6 is 0 Å². The number of nitrogens with one attached hydrogen (secondary N) is 1. The number of aromatic nitrogens is 2. The molecule has 0 aliphatic carbocycles. The molecule has 5 nitrogen and oxygen atoms in total. The molecular weight excluding hydrogens is 312 g/mol. The van der Waals surface area contributed by atoms with Gasteiger partial charge in [-0.15, -0.1) is 0 Å². The molecule has 5 heteroatoms. The Hall–Kier alpha value is -2.14. The van der Waals surface area contributed by atoms with Gasteiger partial charge in [-0.2, -0.15) is 5.10 Å². The van der Waals surface area contributed by atoms with Crippen molar-refractivity contribution in [3.8, 4) is 5.69 Å². The van der Waals surface area contributed by atoms with Gasteiger partial charge in [-0.25, -0.2) is 4.68 Å². The lowest BCUT2D eigenvalue weighted by atomic mass is 10.00. The number of rotatable bonds is 5. The highest BCUT2D eigenvalue weighted by atomic mass is 16.2. The standard InChI is InChI=1S/C20H28N4O/c1-4-17-10-8-9-13-23(17)14-19(25)21-20-15(2)22-24(16(20)3)18-11-6-5-7-12-18/h5-7,11-12,17H,4,8-10,13-14H2,1-3H3,(H,21,25). The van der Waals surface area contributed by atoms with Crippen molar-refractivity contribution in [2.75, 3.05) is 18.4 Å². The van der Waals surface area contributed by atoms with Gasteiger partial charge >= 0.3 is 0 Å². The van der Waals surface area contributed by atoms with Crippen LogP contribution in [0.15, 0.2) is 30.3 Å². The maximum atomic E-state index is 12.6. The Kier molecular flexibility index (Phi) is 5.53. The number of carbonyl (C=O) groups excluding carboxylic acids is 1. The fourth-order valence-electron chi connectivity index (χ4n) is 3.74. The van der Waals surface area contributed by atoms with Crippen LogP contribution in [0.2, 0.25) is 0 Å². The van der Waals surface area contributed by atoms with Crippen LogP contribution in [0.25, 0.3) is 5.69 Å². The van der Waals surface area contributed by atoms with Gasteiger partial charge in [-0.1, -0.05) is 31.5 Å². The quantitative estimate of drug-likeness (QED) is 0.903. The highest BCUT2D eigenvalue weighted by Gasteiger charge is 2.23. The third kappa shape index (κ3) is 3.93. The van der Waals surface area contributed by atoms with Crippen LogP contribution in [0.3, 0.4) is 0 Å². The van der Waals surface area contributed by atoms with Crippen molar-refractivity contribution in [3.63, 3.8) is 0 Å². The monoisotopic (exact) mass is 340 g/mol. The molecular formula is C20H28N4O. The number of likely N-dealkylation sites (tertiary alicyclic amines) is 1. The Bertz CT molecular complexity index is 723. The van der Waals surface area contributed by atoms with E-state index in [1.54, 1.807) is 0 Å². The fraction of sp³-hybridized carbons (Fsp3) is 0.500. The molecule has 2 heterocycles. The van der Waals surface area contributed by atoms with E-state index in [1.807, 2.05) is 48.9 Å². The molecule has 1 aromatic carbocycles. The Morgan fingerprint density at radius 2 is 2.00 bits per heavy atom. The number of hydrogen-bond donors (Lipinski definition) is 1. The van der Waals surface area contributed by atoms with Gasteiger partial charge in [0.25, 0.3) is 0 Å². The first-order valence-electron chi connectivity index (χ1n) is 9.25. The van der Waals surface area contributed by atoms with Crippen LogP contribution in [0.5, 0.6) is 0 Å². The normalized spacial score (nSPS) is 18.3. The second-order valence-electron chi connectivity index (χ2n) is 6.87. The lowest BCUT2D eigenvalue weighted by molar-refractivity contribution is -0.118. The van der Waals surface area contributed by atoms with Crippen molar-refractivity contribution in [1.82, 2.24) is 14.7 Å². The lowest BCUT2D eigenvalue weighted by Gasteiger charge is -2.34. The maximum absolute atomic E-state index is 12.6. The molecule has 1 aliphatic heterocycles. The van der Waals surface area contributed by atoms with Crippen molar-refractivity contribution in [2.24, 2.45) is 0 Å². The van der Waals surface area contributed by atoms with E-state index in [0.29, 0.717) is 12.6 Å². The van der Waals surface area contributed by atoms with Gasteiger partial charge in [0.05, 0.1) is 29.3 Å². The van der Waals surface area contributed by atoms with Gasteiger partial charge in [-0.05, 0) is 51.8 Å². The summed E-state index contributed by atoms with van der Waals surface area (Å²) >= 11 is 0. The maximum Gasteiger partial charge on any atom is 0.238 e. The second kappa shape index (κ2) is 7.83. The molecule has 1 amide bonds. The minimum absolute atomic E-state index is 0.0548. The number of anilines is 1. The van der Waals surface area contributed by atoms with Crippen molar-refractivity contribution in [2.45, 2.75) is 52.5 Å². The van der Waals surface area contributed by atoms with Gasteiger partial charge < -0.3 is 5.32 Å². The van der Waals surface area contributed by atoms with E-state index >= 15 is 0 Å². The predicted octanol–water partition coefficient (Wildman–Crippen LogP) is 3.69. The molecule has 1 N–H and O–H groups in total. The molecule has 25 heavy (non-hydrogen) atoms. The number of hydrogen-bond acceptors (Lipinski definition) is 3. The van der Waals surface area contributed by atoms with Crippen molar-refractivity contribution >= 4 is 11.6 Å². The van der Waals surface area contributed by atoms with E-state index in [9.17, 15) is 4.79 Å². The summed E-state index contributed by atoms with van der Waals surface area (Å²) in [6.45, 7) is 7.64. The van der Waals surface area contributed by atoms with Crippen molar-refractivity contribution in [3.05, 3.63) is 41.7 Å². The molecule has 0 spiro atoms. The van der Waals surface area contributed by atoms with Gasteiger partial charge in [0.2, 0.25) is 5.91 Å². The van der Waals surface area contributed by atoms with E-state index < -0.39 is 0 Å². The first-order valence-corrected chi connectivity index (χ1v) is 9.25. The summed E-state index contributed by atoms with van der Waals surface area (Å²) < 4.78 is 1.89. The number of piperidine rings is 1. The molecule has 0 radical (unpaired) electrons. The number of para-hydroxylation sites is 1. The molecule has 0 bridgehead atoms. The third-order valence-corrected chi connectivity index (χ3v) is 5.12. The Morgan fingerprint density at radius 1 is 1.24 bits per heavy atom. The van der Waals surface area contributed by atoms with Crippen molar-refractivity contribution in [1.29, 1.82) is 0 Å². The minimum Gasteiger partial charge on any atom is -0.322 e. The number of carbonyl (C=O) groups is 1. The summed E-state index contributed by atoms with van der Waals surface area (Å²) in [5.41, 5.74) is 3.65. The largest absolute Gasteiger partial charge is 0.322 e. The van der Waals surface area contributed by atoms with Gasteiger partial charge in [0.15, 0.2) is 0 Å². The highest BCUT2D eigenvalue weighted by molar-refractivity contribution is 5.93. The van der Waals surface area contributed by atoms with E-state index in [0.717, 1.165) is 35.7 Å². The predicted molar refractivity (Wildman–Crippen MR) is 101 cm³/mol. The Morgan fingerprint density at radius 3 is 2.72 bits per heavy atom. The van der Waals surface area contributed by atoms with Crippen LogP contribution in [-0.4, -0.2) is 39.7 Å². The summed E-state index contributed by atoms with van der Waals surface area (Å²) in [6, 6.07) is 10.5. The van der Waals surface area contributed by atoms with Crippen LogP contribution < -0.4 is 5.32 Å². The fourth-order valence-corrected chi connectivity index (χ4v) is 3.74. The number of aryl methyl sites for hydroxylation is 1. The van der Waals surface area contributed by atoms with Crippen molar-refractivity contribution < 1.29 is 4.79 Å². The third-order valence-electron chi connectivity index (χ3n) is 5.12. The number of benzene rings is 1. The van der Waals surface area contributed by atoms with Gasteiger partial charge in [-0.3, -0.25) is 9.69 Å². The zero-order chi connectivity index (χ0) is 17.8. The first kappa shape index (κ1) is 17.7. The summed E-state index contributed by atoms with van der Waals surface area (Å²) in [5, 5.41) is 7.70. The molecule has 1 unspecified atom stereocenters. The zero-order valence-electron chi connectivity index (χ0n) is 15.5. The zero-order valence-corrected chi connectivity index (χ0v) is 15.5. The molecule has 1 aliphatic rings. The molecule has 1 aromatic heterocycles. The SMILES string of the molecule is CCC1CCCCN1CC(=O)Nc1c(C)nn(-c2ccccc2)c1C. The highest BCUT2D eigenvalue weighted by Crippen LogP contribution is 2.23. The molecule has 134 valence electrons. The first-order chi connectivity index (χ1) is 12.1. The lowest BCUT2D eigenvalue weighted by Crippen LogP contribution is -2.43. The average molecular weight is 340 g/mol. The smallest absolute Gasteiger partial charge is 0.238 e. The van der Waals surface area contributed by atoms with Gasteiger partial charge in [0.1, 0.15) is 0 Å². The van der Waals surface area contributed by atoms with E-state index in [1.165, 1.54) is 19.3 Å². The van der Waals surface area contributed by atoms with Crippen LogP contribution in [0.1, 0.15) is 44.0 Å². The summed E-state index contributed by atoms with van der Waals surface area (Å²) in [7, 11) is 0. The molecule has 2 aromatic rings. The van der Waals surface area contributed by atoms with Crippen LogP contribution in [0, 0.1) is 13.8 Å². The second-order valence-corrected chi connectivity index (χ2v) is 6.87. The van der Waals surface area contributed by atoms with E-state index in [2.05, 4.69) is 22.2 Å². The summed E-state index contributed by atoms with van der Waals surface area (Å²) in [6.07, 6.45) is 4.78. The average Bonchev–Trinajstić information content (AvgIpc) is 2.91. The number of amides is 1.